The molecule has 3 aromatic rings. The summed E-state index contributed by atoms with van der Waals surface area (Å²) in [5.74, 6) is -0.682. The maximum absolute atomic E-state index is 10.6. The van der Waals surface area contributed by atoms with Gasteiger partial charge in [-0.05, 0) is 55.7 Å². The van der Waals surface area contributed by atoms with Gasteiger partial charge in [0.1, 0.15) is 23.2 Å². The molecule has 1 N–H and O–H groups in total. The van der Waals surface area contributed by atoms with E-state index in [2.05, 4.69) is 103 Å². The molecule has 172 valence electrons. The van der Waals surface area contributed by atoms with E-state index < -0.39 is 13.2 Å². The lowest BCUT2D eigenvalue weighted by atomic mass is 10.1. The minimum absolute atomic E-state index is 0.301. The number of benzene rings is 3. The molecule has 0 aliphatic heterocycles. The molecular formula is C30H36O2P+. The van der Waals surface area contributed by atoms with Crippen LogP contribution in [0.1, 0.15) is 51.4 Å². The highest BCUT2D eigenvalue weighted by molar-refractivity contribution is 7.95. The quantitative estimate of drug-likeness (QED) is 0.165. The van der Waals surface area contributed by atoms with E-state index in [-0.39, 0.29) is 0 Å². The first-order valence-electron chi connectivity index (χ1n) is 12.2. The van der Waals surface area contributed by atoms with Crippen LogP contribution in [0.3, 0.4) is 0 Å². The highest BCUT2D eigenvalue weighted by Crippen LogP contribution is 2.55. The SMILES string of the molecule is O=C(O)CCCCCCC/C=C\CC[P+](c1ccccc1)(c1ccccc1)c1ccccc1. The molecule has 0 radical (unpaired) electrons. The molecule has 0 atom stereocenters. The molecule has 2 nitrogen and oxygen atoms in total. The van der Waals surface area contributed by atoms with E-state index in [0.29, 0.717) is 6.42 Å². The van der Waals surface area contributed by atoms with E-state index >= 15 is 0 Å². The molecular weight excluding hydrogens is 423 g/mol. The third-order valence-corrected chi connectivity index (χ3v) is 10.6. The van der Waals surface area contributed by atoms with Crippen molar-refractivity contribution < 1.29 is 9.90 Å². The first-order chi connectivity index (χ1) is 16.2. The number of rotatable bonds is 14. The smallest absolute Gasteiger partial charge is 0.303 e. The molecule has 0 heterocycles. The van der Waals surface area contributed by atoms with Gasteiger partial charge in [0.05, 0.1) is 6.16 Å². The lowest BCUT2D eigenvalue weighted by molar-refractivity contribution is -0.137. The maximum Gasteiger partial charge on any atom is 0.303 e. The average Bonchev–Trinajstić information content (AvgIpc) is 2.86. The molecule has 0 fully saturated rings. The van der Waals surface area contributed by atoms with Crippen LogP contribution in [-0.2, 0) is 4.79 Å². The van der Waals surface area contributed by atoms with Crippen LogP contribution in [0.4, 0.5) is 0 Å². The highest BCUT2D eigenvalue weighted by Gasteiger charge is 2.44. The predicted molar refractivity (Wildman–Crippen MR) is 144 cm³/mol. The normalized spacial score (nSPS) is 11.6. The van der Waals surface area contributed by atoms with Crippen molar-refractivity contribution in [2.75, 3.05) is 6.16 Å². The van der Waals surface area contributed by atoms with E-state index in [4.69, 9.17) is 5.11 Å². The van der Waals surface area contributed by atoms with Crippen LogP contribution in [0.15, 0.2) is 103 Å². The second-order valence-corrected chi connectivity index (χ2v) is 12.1. The minimum Gasteiger partial charge on any atom is -0.481 e. The maximum atomic E-state index is 10.6. The zero-order valence-corrected chi connectivity index (χ0v) is 20.4. The number of hydrogen-bond acceptors (Lipinski definition) is 1. The standard InChI is InChI=1S/C30H35O2P/c31-30(32)25-17-6-4-2-1-3-5-7-18-26-33(27-19-11-8-12-20-27,28-21-13-9-14-22-28)29-23-15-10-16-24-29/h5,7-16,19-24H,1-4,6,17-18,25-26H2/p+1/b7-5-. The molecule has 3 heteroatoms. The van der Waals surface area contributed by atoms with Crippen LogP contribution >= 0.6 is 7.26 Å². The molecule has 0 saturated carbocycles. The fraction of sp³-hybridized carbons (Fsp3) is 0.300. The van der Waals surface area contributed by atoms with Crippen molar-refractivity contribution in [3.05, 3.63) is 103 Å². The number of aliphatic carboxylic acids is 1. The third kappa shape index (κ3) is 7.41. The molecule has 0 spiro atoms. The largest absolute Gasteiger partial charge is 0.481 e. The molecule has 0 bridgehead atoms. The van der Waals surface area contributed by atoms with Gasteiger partial charge < -0.3 is 5.11 Å². The molecule has 33 heavy (non-hydrogen) atoms. The molecule has 0 unspecified atom stereocenters. The molecule has 0 saturated heterocycles. The van der Waals surface area contributed by atoms with E-state index in [1.165, 1.54) is 28.8 Å². The van der Waals surface area contributed by atoms with E-state index in [0.717, 1.165) is 38.3 Å². The summed E-state index contributed by atoms with van der Waals surface area (Å²) < 4.78 is 0. The predicted octanol–water partition coefficient (Wildman–Crippen LogP) is 6.74. The highest BCUT2D eigenvalue weighted by atomic mass is 31.2. The lowest BCUT2D eigenvalue weighted by Crippen LogP contribution is -2.33. The van der Waals surface area contributed by atoms with Crippen molar-refractivity contribution >= 4 is 29.1 Å². The van der Waals surface area contributed by atoms with Crippen LogP contribution in [-0.4, -0.2) is 17.2 Å². The van der Waals surface area contributed by atoms with Gasteiger partial charge in [-0.25, -0.2) is 0 Å². The first kappa shape index (κ1) is 24.9. The van der Waals surface area contributed by atoms with Gasteiger partial charge in [-0.3, -0.25) is 4.79 Å². The van der Waals surface area contributed by atoms with Crippen LogP contribution in [0.2, 0.25) is 0 Å². The lowest BCUT2D eigenvalue weighted by Gasteiger charge is -2.27. The van der Waals surface area contributed by atoms with E-state index in [9.17, 15) is 4.79 Å². The van der Waals surface area contributed by atoms with Crippen LogP contribution in [0.25, 0.3) is 0 Å². The third-order valence-electron chi connectivity index (χ3n) is 6.15. The average molecular weight is 460 g/mol. The van der Waals surface area contributed by atoms with Gasteiger partial charge in [0.25, 0.3) is 0 Å². The number of hydrogen-bond donors (Lipinski definition) is 1. The van der Waals surface area contributed by atoms with Gasteiger partial charge in [-0.2, -0.15) is 0 Å². The Morgan fingerprint density at radius 3 is 1.52 bits per heavy atom. The number of carboxylic acid groups (broad SMARTS) is 1. The molecule has 3 rings (SSSR count). The summed E-state index contributed by atoms with van der Waals surface area (Å²) in [5, 5.41) is 13.0. The van der Waals surface area contributed by atoms with Gasteiger partial charge in [-0.1, -0.05) is 86.0 Å². The minimum atomic E-state index is -1.73. The Kier molecular flexibility index (Phi) is 10.4. The van der Waals surface area contributed by atoms with Crippen molar-refractivity contribution in [3.8, 4) is 0 Å². The Morgan fingerprint density at radius 1 is 0.606 bits per heavy atom. The Morgan fingerprint density at radius 2 is 1.03 bits per heavy atom. The summed E-state index contributed by atoms with van der Waals surface area (Å²) in [6.07, 6.45) is 13.6. The van der Waals surface area contributed by atoms with E-state index in [1.54, 1.807) is 0 Å². The van der Waals surface area contributed by atoms with Crippen molar-refractivity contribution in [2.45, 2.75) is 51.4 Å². The summed E-state index contributed by atoms with van der Waals surface area (Å²) in [6, 6.07) is 33.2. The molecule has 0 aromatic heterocycles. The van der Waals surface area contributed by atoms with Gasteiger partial charge in [0.2, 0.25) is 0 Å². The molecule has 0 aliphatic carbocycles. The van der Waals surface area contributed by atoms with Crippen molar-refractivity contribution in [1.29, 1.82) is 0 Å². The fourth-order valence-corrected chi connectivity index (χ4v) is 8.70. The van der Waals surface area contributed by atoms with Crippen LogP contribution in [0, 0.1) is 0 Å². The van der Waals surface area contributed by atoms with Gasteiger partial charge >= 0.3 is 5.97 Å². The second-order valence-electron chi connectivity index (χ2n) is 8.50. The van der Waals surface area contributed by atoms with E-state index in [1.807, 2.05) is 0 Å². The molecule has 3 aromatic carbocycles. The Hall–Kier alpha value is -2.70. The first-order valence-corrected chi connectivity index (χ1v) is 14.1. The topological polar surface area (TPSA) is 37.3 Å². The van der Waals surface area contributed by atoms with Crippen LogP contribution in [0.5, 0.6) is 0 Å². The van der Waals surface area contributed by atoms with Crippen molar-refractivity contribution in [1.82, 2.24) is 0 Å². The number of carbonyl (C=O) groups is 1. The Balaban J connectivity index is 1.66. The summed E-state index contributed by atoms with van der Waals surface area (Å²) >= 11 is 0. The summed E-state index contributed by atoms with van der Waals surface area (Å²) in [4.78, 5) is 10.6. The Bertz CT molecular complexity index is 871. The molecule has 0 amide bonds. The Labute approximate surface area is 199 Å². The molecule has 0 aliphatic rings. The zero-order valence-electron chi connectivity index (χ0n) is 19.5. The van der Waals surface area contributed by atoms with Crippen molar-refractivity contribution in [3.63, 3.8) is 0 Å². The van der Waals surface area contributed by atoms with Gasteiger partial charge in [0.15, 0.2) is 0 Å². The van der Waals surface area contributed by atoms with Gasteiger partial charge in [-0.15, -0.1) is 0 Å². The number of unbranched alkanes of at least 4 members (excludes halogenated alkanes) is 5. The van der Waals surface area contributed by atoms with Gasteiger partial charge in [0, 0.05) is 12.8 Å². The summed E-state index contributed by atoms with van der Waals surface area (Å²) in [7, 11) is -1.73. The number of carboxylic acids is 1. The fourth-order valence-electron chi connectivity index (χ4n) is 4.45. The summed E-state index contributed by atoms with van der Waals surface area (Å²) in [6.45, 7) is 0. The summed E-state index contributed by atoms with van der Waals surface area (Å²) in [5.41, 5.74) is 0. The van der Waals surface area contributed by atoms with Crippen molar-refractivity contribution in [2.24, 2.45) is 0 Å². The zero-order chi connectivity index (χ0) is 23.2. The number of allylic oxidation sites excluding steroid dienone is 2. The van der Waals surface area contributed by atoms with Crippen LogP contribution < -0.4 is 15.9 Å². The monoisotopic (exact) mass is 459 g/mol. The second kappa shape index (κ2) is 13.8.